The first kappa shape index (κ1) is 14.1. The fraction of sp³-hybridized carbons (Fsp3) is 0.722. The Labute approximate surface area is 122 Å². The molecule has 0 bridgehead atoms. The van der Waals surface area contributed by atoms with Crippen LogP contribution in [-0.2, 0) is 9.53 Å². The van der Waals surface area contributed by atoms with E-state index in [9.17, 15) is 4.79 Å². The van der Waals surface area contributed by atoms with Gasteiger partial charge in [-0.2, -0.15) is 0 Å². The van der Waals surface area contributed by atoms with Gasteiger partial charge in [0.1, 0.15) is 5.78 Å². The number of carbonyl (C=O) groups excluding carboxylic acids is 1. The molecule has 1 saturated carbocycles. The summed E-state index contributed by atoms with van der Waals surface area (Å²) in [7, 11) is 0. The summed E-state index contributed by atoms with van der Waals surface area (Å²) in [6, 6.07) is 0. The lowest BCUT2D eigenvalue weighted by Gasteiger charge is -2.31. The van der Waals surface area contributed by atoms with Crippen molar-refractivity contribution in [3.05, 3.63) is 23.8 Å². The number of hydrogen-bond donors (Lipinski definition) is 0. The maximum atomic E-state index is 12.3. The highest BCUT2D eigenvalue weighted by Gasteiger charge is 2.46. The average Bonchev–Trinajstić information content (AvgIpc) is 2.90. The maximum Gasteiger partial charge on any atom is 0.143 e. The summed E-state index contributed by atoms with van der Waals surface area (Å²) in [4.78, 5) is 12.3. The molecule has 2 heteroatoms. The maximum absolute atomic E-state index is 12.3. The molecule has 5 atom stereocenters. The molecule has 3 rings (SSSR count). The quantitative estimate of drug-likeness (QED) is 0.713. The Morgan fingerprint density at radius 2 is 2.25 bits per heavy atom. The lowest BCUT2D eigenvalue weighted by atomic mass is 9.71. The molecule has 0 spiro atoms. The zero-order chi connectivity index (χ0) is 14.3. The molecule has 0 amide bonds. The van der Waals surface area contributed by atoms with Crippen LogP contribution < -0.4 is 0 Å². The van der Waals surface area contributed by atoms with Crippen molar-refractivity contribution in [2.24, 2.45) is 23.2 Å². The van der Waals surface area contributed by atoms with Gasteiger partial charge >= 0.3 is 0 Å². The van der Waals surface area contributed by atoms with Crippen molar-refractivity contribution in [1.29, 1.82) is 0 Å². The van der Waals surface area contributed by atoms with Crippen LogP contribution in [0.15, 0.2) is 23.8 Å². The summed E-state index contributed by atoms with van der Waals surface area (Å²) in [5.41, 5.74) is 1.19. The molecular formula is C18H26O2. The largest absolute Gasteiger partial charge is 0.374 e. The predicted octanol–water partition coefficient (Wildman–Crippen LogP) is 3.92. The van der Waals surface area contributed by atoms with E-state index in [4.69, 9.17) is 4.74 Å². The van der Waals surface area contributed by atoms with Crippen LogP contribution in [0.4, 0.5) is 0 Å². The lowest BCUT2D eigenvalue weighted by Crippen LogP contribution is -2.29. The summed E-state index contributed by atoms with van der Waals surface area (Å²) >= 11 is 0. The molecule has 1 aliphatic heterocycles. The monoisotopic (exact) mass is 274 g/mol. The third kappa shape index (κ3) is 2.09. The Morgan fingerprint density at radius 3 is 3.00 bits per heavy atom. The van der Waals surface area contributed by atoms with Crippen LogP contribution in [0.2, 0.25) is 0 Å². The van der Waals surface area contributed by atoms with E-state index in [1.165, 1.54) is 18.4 Å². The zero-order valence-corrected chi connectivity index (χ0v) is 12.9. The van der Waals surface area contributed by atoms with Gasteiger partial charge in [0.05, 0.1) is 18.1 Å². The Morgan fingerprint density at radius 1 is 1.45 bits per heavy atom. The second kappa shape index (κ2) is 5.14. The third-order valence-electron chi connectivity index (χ3n) is 5.70. The number of ether oxygens (including phenoxy) is 1. The Balaban J connectivity index is 2.01. The van der Waals surface area contributed by atoms with Gasteiger partial charge < -0.3 is 4.74 Å². The van der Waals surface area contributed by atoms with E-state index < -0.39 is 0 Å². The molecule has 0 unspecified atom stereocenters. The first-order valence-electron chi connectivity index (χ1n) is 8.12. The van der Waals surface area contributed by atoms with Gasteiger partial charge in [-0.1, -0.05) is 31.6 Å². The summed E-state index contributed by atoms with van der Waals surface area (Å²) in [5.74, 6) is 1.84. The van der Waals surface area contributed by atoms with Crippen molar-refractivity contribution >= 4 is 5.78 Å². The standard InChI is InChI=1S/C18H26O2/c1-4-5-13-8-9-18(3)14(6-7-17(18)19)10-15-12(2)20-11-16(13)15/h8-10,12-14,16H,4-7,11H2,1-3H3/b9-8?,15-10-/t12-,13-,14-,16-,18-/m1/s1. The molecule has 2 aliphatic carbocycles. The van der Waals surface area contributed by atoms with E-state index in [1.54, 1.807) is 0 Å². The van der Waals surface area contributed by atoms with Crippen LogP contribution in [0.25, 0.3) is 0 Å². The second-order valence-electron chi connectivity index (χ2n) is 6.91. The van der Waals surface area contributed by atoms with Crippen LogP contribution in [0.1, 0.15) is 46.5 Å². The molecular weight excluding hydrogens is 248 g/mol. The van der Waals surface area contributed by atoms with Gasteiger partial charge in [-0.05, 0) is 44.1 Å². The zero-order valence-electron chi connectivity index (χ0n) is 12.9. The van der Waals surface area contributed by atoms with Gasteiger partial charge in [-0.3, -0.25) is 4.79 Å². The van der Waals surface area contributed by atoms with Gasteiger partial charge in [0.25, 0.3) is 0 Å². The number of hydrogen-bond acceptors (Lipinski definition) is 2. The lowest BCUT2D eigenvalue weighted by molar-refractivity contribution is -0.123. The van der Waals surface area contributed by atoms with E-state index in [-0.39, 0.29) is 11.5 Å². The van der Waals surface area contributed by atoms with Gasteiger partial charge in [-0.25, -0.2) is 0 Å². The fourth-order valence-corrected chi connectivity index (χ4v) is 4.23. The van der Waals surface area contributed by atoms with Gasteiger partial charge in [-0.15, -0.1) is 0 Å². The van der Waals surface area contributed by atoms with E-state index in [0.717, 1.165) is 19.4 Å². The predicted molar refractivity (Wildman–Crippen MR) is 80.4 cm³/mol. The van der Waals surface area contributed by atoms with Crippen molar-refractivity contribution < 1.29 is 9.53 Å². The number of carbonyl (C=O) groups is 1. The molecule has 3 aliphatic rings. The smallest absolute Gasteiger partial charge is 0.143 e. The van der Waals surface area contributed by atoms with Crippen LogP contribution in [-0.4, -0.2) is 18.5 Å². The second-order valence-corrected chi connectivity index (χ2v) is 6.91. The topological polar surface area (TPSA) is 26.3 Å². The number of rotatable bonds is 2. The van der Waals surface area contributed by atoms with Crippen molar-refractivity contribution in [2.75, 3.05) is 6.61 Å². The molecule has 1 heterocycles. The highest BCUT2D eigenvalue weighted by molar-refractivity contribution is 5.89. The molecule has 110 valence electrons. The number of allylic oxidation sites excluding steroid dienone is 3. The molecule has 0 aromatic rings. The molecule has 2 fully saturated rings. The van der Waals surface area contributed by atoms with Gasteiger partial charge in [0, 0.05) is 12.3 Å². The molecule has 0 aromatic heterocycles. The summed E-state index contributed by atoms with van der Waals surface area (Å²) in [6.07, 6.45) is 11.3. The summed E-state index contributed by atoms with van der Waals surface area (Å²) in [5, 5.41) is 0. The highest BCUT2D eigenvalue weighted by atomic mass is 16.5. The van der Waals surface area contributed by atoms with Crippen molar-refractivity contribution in [3.63, 3.8) is 0 Å². The molecule has 2 nitrogen and oxygen atoms in total. The minimum Gasteiger partial charge on any atom is -0.374 e. The first-order valence-corrected chi connectivity index (χ1v) is 8.12. The van der Waals surface area contributed by atoms with Crippen molar-refractivity contribution in [1.82, 2.24) is 0 Å². The number of Topliss-reactive ketones (excluding diaryl/α,β-unsaturated/α-hetero) is 1. The van der Waals surface area contributed by atoms with E-state index in [0.29, 0.717) is 23.5 Å². The minimum atomic E-state index is -0.272. The van der Waals surface area contributed by atoms with Crippen LogP contribution >= 0.6 is 0 Å². The minimum absolute atomic E-state index is 0.228. The van der Waals surface area contributed by atoms with E-state index >= 15 is 0 Å². The van der Waals surface area contributed by atoms with Crippen LogP contribution in [0, 0.1) is 23.2 Å². The van der Waals surface area contributed by atoms with Crippen molar-refractivity contribution in [3.8, 4) is 0 Å². The fourth-order valence-electron chi connectivity index (χ4n) is 4.23. The molecule has 0 aromatic carbocycles. The van der Waals surface area contributed by atoms with Gasteiger partial charge in [0.15, 0.2) is 0 Å². The van der Waals surface area contributed by atoms with Gasteiger partial charge in [0.2, 0.25) is 0 Å². The van der Waals surface area contributed by atoms with Crippen molar-refractivity contribution in [2.45, 2.75) is 52.6 Å². The third-order valence-corrected chi connectivity index (χ3v) is 5.70. The molecule has 0 radical (unpaired) electrons. The van der Waals surface area contributed by atoms with E-state index in [2.05, 4.69) is 39.0 Å². The Hall–Kier alpha value is -0.890. The number of fused-ring (bicyclic) bond motifs is 2. The van der Waals surface area contributed by atoms with Crippen LogP contribution in [0.5, 0.6) is 0 Å². The first-order chi connectivity index (χ1) is 9.56. The summed E-state index contributed by atoms with van der Waals surface area (Å²) in [6.45, 7) is 7.37. The normalized spacial score (nSPS) is 46.4. The van der Waals surface area contributed by atoms with E-state index in [1.807, 2.05) is 0 Å². The van der Waals surface area contributed by atoms with Crippen LogP contribution in [0.3, 0.4) is 0 Å². The molecule has 1 saturated heterocycles. The Bertz CT molecular complexity index is 462. The summed E-state index contributed by atoms with van der Waals surface area (Å²) < 4.78 is 5.91. The molecule has 20 heavy (non-hydrogen) atoms. The highest BCUT2D eigenvalue weighted by Crippen LogP contribution is 2.47. The Kier molecular flexibility index (Phi) is 3.62. The molecule has 0 N–H and O–H groups in total. The average molecular weight is 274 g/mol. The SMILES string of the molecule is CCC[C@@H]1C=C[C@@]2(C)C(=O)CC[C@@H]2/C=C2/[C@@H](C)OC[C@@H]21. The number of ketones is 1.